The third-order valence-corrected chi connectivity index (χ3v) is 5.16. The maximum absolute atomic E-state index is 12.7. The van der Waals surface area contributed by atoms with E-state index in [1.807, 2.05) is 13.0 Å². The van der Waals surface area contributed by atoms with E-state index < -0.39 is 5.97 Å². The van der Waals surface area contributed by atoms with Gasteiger partial charge in [0.1, 0.15) is 6.54 Å². The number of rotatable bonds is 6. The SMILES string of the molecule is CCCc1cc(C(=O)N(CC(=O)O)C2CCCC2)sc1C. The Bertz CT molecular complexity index is 518. The lowest BCUT2D eigenvalue weighted by Gasteiger charge is -2.26. The minimum Gasteiger partial charge on any atom is -0.480 e. The first-order valence-corrected chi connectivity index (χ1v) is 8.46. The molecule has 1 fully saturated rings. The number of carbonyl (C=O) groups excluding carboxylic acids is 1. The number of amides is 1. The van der Waals surface area contributed by atoms with Gasteiger partial charge in [-0.3, -0.25) is 9.59 Å². The van der Waals surface area contributed by atoms with Crippen molar-refractivity contribution in [1.82, 2.24) is 4.90 Å². The van der Waals surface area contributed by atoms with Crippen LogP contribution in [-0.2, 0) is 11.2 Å². The van der Waals surface area contributed by atoms with Gasteiger partial charge in [-0.05, 0) is 37.8 Å². The molecule has 0 aliphatic heterocycles. The second-order valence-electron chi connectivity index (χ2n) is 5.71. The number of carboxylic acid groups (broad SMARTS) is 1. The molecule has 21 heavy (non-hydrogen) atoms. The molecule has 2 rings (SSSR count). The van der Waals surface area contributed by atoms with Gasteiger partial charge in [0.15, 0.2) is 0 Å². The molecule has 0 unspecified atom stereocenters. The van der Waals surface area contributed by atoms with Crippen LogP contribution in [0.5, 0.6) is 0 Å². The Morgan fingerprint density at radius 2 is 2.05 bits per heavy atom. The quantitative estimate of drug-likeness (QED) is 0.875. The van der Waals surface area contributed by atoms with Crippen molar-refractivity contribution in [3.8, 4) is 0 Å². The van der Waals surface area contributed by atoms with Gasteiger partial charge in [0, 0.05) is 10.9 Å². The molecule has 1 aromatic heterocycles. The molecule has 4 nitrogen and oxygen atoms in total. The minimum atomic E-state index is -0.933. The van der Waals surface area contributed by atoms with Crippen LogP contribution in [0.3, 0.4) is 0 Å². The predicted octanol–water partition coefficient (Wildman–Crippen LogP) is 3.48. The molecule has 1 saturated carbocycles. The second-order valence-corrected chi connectivity index (χ2v) is 6.96. The van der Waals surface area contributed by atoms with E-state index in [1.54, 1.807) is 4.90 Å². The zero-order valence-electron chi connectivity index (χ0n) is 12.7. The van der Waals surface area contributed by atoms with Crippen molar-refractivity contribution >= 4 is 23.2 Å². The third kappa shape index (κ3) is 3.84. The maximum atomic E-state index is 12.7. The Morgan fingerprint density at radius 3 is 2.62 bits per heavy atom. The van der Waals surface area contributed by atoms with E-state index in [-0.39, 0.29) is 18.5 Å². The summed E-state index contributed by atoms with van der Waals surface area (Å²) in [5.41, 5.74) is 1.22. The molecule has 1 aliphatic carbocycles. The van der Waals surface area contributed by atoms with Crippen molar-refractivity contribution in [2.24, 2.45) is 0 Å². The van der Waals surface area contributed by atoms with Crippen LogP contribution in [0, 0.1) is 6.92 Å². The van der Waals surface area contributed by atoms with Crippen molar-refractivity contribution in [3.05, 3.63) is 21.4 Å². The highest BCUT2D eigenvalue weighted by molar-refractivity contribution is 7.14. The summed E-state index contributed by atoms with van der Waals surface area (Å²) in [6, 6.07) is 2.04. The monoisotopic (exact) mass is 309 g/mol. The van der Waals surface area contributed by atoms with Crippen LogP contribution in [-0.4, -0.2) is 34.5 Å². The van der Waals surface area contributed by atoms with E-state index in [9.17, 15) is 9.59 Å². The standard InChI is InChI=1S/C16H23NO3S/c1-3-6-12-9-14(21-11(12)2)16(20)17(10-15(18)19)13-7-4-5-8-13/h9,13H,3-8,10H2,1-2H3,(H,18,19). The molecule has 0 saturated heterocycles. The van der Waals surface area contributed by atoms with Gasteiger partial charge in [0.05, 0.1) is 4.88 Å². The first kappa shape index (κ1) is 16.0. The highest BCUT2D eigenvalue weighted by Gasteiger charge is 2.30. The summed E-state index contributed by atoms with van der Waals surface area (Å²) in [6.45, 7) is 3.96. The molecular formula is C16H23NO3S. The first-order valence-electron chi connectivity index (χ1n) is 7.65. The van der Waals surface area contributed by atoms with Gasteiger partial charge in [-0.25, -0.2) is 0 Å². The van der Waals surface area contributed by atoms with Gasteiger partial charge in [0.25, 0.3) is 5.91 Å². The molecule has 0 aromatic carbocycles. The number of carbonyl (C=O) groups is 2. The van der Waals surface area contributed by atoms with Gasteiger partial charge < -0.3 is 10.0 Å². The van der Waals surface area contributed by atoms with Crippen LogP contribution in [0.1, 0.15) is 59.1 Å². The topological polar surface area (TPSA) is 57.6 Å². The van der Waals surface area contributed by atoms with E-state index in [0.717, 1.165) is 38.5 Å². The van der Waals surface area contributed by atoms with Gasteiger partial charge in [-0.15, -0.1) is 11.3 Å². The molecule has 116 valence electrons. The van der Waals surface area contributed by atoms with Gasteiger partial charge in [-0.2, -0.15) is 0 Å². The first-order chi connectivity index (χ1) is 10.0. The van der Waals surface area contributed by atoms with Crippen molar-refractivity contribution in [3.63, 3.8) is 0 Å². The summed E-state index contributed by atoms with van der Waals surface area (Å²) in [4.78, 5) is 27.2. The molecule has 5 heteroatoms. The summed E-state index contributed by atoms with van der Waals surface area (Å²) < 4.78 is 0. The normalized spacial score (nSPS) is 15.3. The Morgan fingerprint density at radius 1 is 1.38 bits per heavy atom. The molecule has 1 amide bonds. The zero-order valence-corrected chi connectivity index (χ0v) is 13.5. The number of hydrogen-bond acceptors (Lipinski definition) is 3. The Labute approximate surface area is 129 Å². The molecule has 0 radical (unpaired) electrons. The van der Waals surface area contributed by atoms with E-state index in [0.29, 0.717) is 4.88 Å². The highest BCUT2D eigenvalue weighted by Crippen LogP contribution is 2.28. The summed E-state index contributed by atoms with van der Waals surface area (Å²) >= 11 is 1.49. The van der Waals surface area contributed by atoms with Crippen LogP contribution in [0.15, 0.2) is 6.07 Å². The Balaban J connectivity index is 2.20. The van der Waals surface area contributed by atoms with E-state index in [1.165, 1.54) is 21.8 Å². The molecule has 1 aromatic rings. The fourth-order valence-electron chi connectivity index (χ4n) is 3.01. The number of carboxylic acids is 1. The second kappa shape index (κ2) is 7.07. The molecule has 0 bridgehead atoms. The molecule has 1 N–H and O–H groups in total. The smallest absolute Gasteiger partial charge is 0.323 e. The highest BCUT2D eigenvalue weighted by atomic mass is 32.1. The average molecular weight is 309 g/mol. The maximum Gasteiger partial charge on any atom is 0.323 e. The minimum absolute atomic E-state index is 0.0885. The van der Waals surface area contributed by atoms with E-state index >= 15 is 0 Å². The largest absolute Gasteiger partial charge is 0.480 e. The zero-order chi connectivity index (χ0) is 15.4. The van der Waals surface area contributed by atoms with E-state index in [4.69, 9.17) is 5.11 Å². The number of aliphatic carboxylic acids is 1. The Hall–Kier alpha value is -1.36. The molecule has 1 heterocycles. The van der Waals surface area contributed by atoms with Crippen molar-refractivity contribution in [2.45, 2.75) is 58.4 Å². The number of aryl methyl sites for hydroxylation is 2. The molecular weight excluding hydrogens is 286 g/mol. The van der Waals surface area contributed by atoms with Crippen LogP contribution >= 0.6 is 11.3 Å². The summed E-state index contributed by atoms with van der Waals surface area (Å²) in [6.07, 6.45) is 6.03. The lowest BCUT2D eigenvalue weighted by molar-refractivity contribution is -0.138. The summed E-state index contributed by atoms with van der Waals surface area (Å²) in [5, 5.41) is 9.09. The van der Waals surface area contributed by atoms with Crippen LogP contribution < -0.4 is 0 Å². The Kier molecular flexibility index (Phi) is 5.39. The van der Waals surface area contributed by atoms with E-state index in [2.05, 4.69) is 6.92 Å². The van der Waals surface area contributed by atoms with Crippen LogP contribution in [0.2, 0.25) is 0 Å². The lowest BCUT2D eigenvalue weighted by Crippen LogP contribution is -2.42. The molecule has 0 atom stereocenters. The summed E-state index contributed by atoms with van der Waals surface area (Å²) in [5.74, 6) is -1.04. The van der Waals surface area contributed by atoms with Gasteiger partial charge in [0.2, 0.25) is 0 Å². The lowest BCUT2D eigenvalue weighted by atomic mass is 10.1. The van der Waals surface area contributed by atoms with Crippen LogP contribution in [0.4, 0.5) is 0 Å². The van der Waals surface area contributed by atoms with Crippen molar-refractivity contribution in [2.75, 3.05) is 6.54 Å². The fourth-order valence-corrected chi connectivity index (χ4v) is 4.04. The molecule has 0 spiro atoms. The predicted molar refractivity (Wildman–Crippen MR) is 84.0 cm³/mol. The number of hydrogen-bond donors (Lipinski definition) is 1. The van der Waals surface area contributed by atoms with Crippen molar-refractivity contribution < 1.29 is 14.7 Å². The third-order valence-electron chi connectivity index (χ3n) is 4.08. The van der Waals surface area contributed by atoms with Crippen molar-refractivity contribution in [1.29, 1.82) is 0 Å². The fraction of sp³-hybridized carbons (Fsp3) is 0.625. The van der Waals surface area contributed by atoms with Gasteiger partial charge in [-0.1, -0.05) is 26.2 Å². The van der Waals surface area contributed by atoms with Gasteiger partial charge >= 0.3 is 5.97 Å². The number of thiophene rings is 1. The average Bonchev–Trinajstić information content (AvgIpc) is 3.06. The molecule has 1 aliphatic rings. The van der Waals surface area contributed by atoms with Crippen LogP contribution in [0.25, 0.3) is 0 Å². The summed E-state index contributed by atoms with van der Waals surface area (Å²) in [7, 11) is 0. The number of nitrogens with zero attached hydrogens (tertiary/aromatic N) is 1.